The number of hydrogen-bond donors (Lipinski definition) is 2. The van der Waals surface area contributed by atoms with Gasteiger partial charge in [-0.2, -0.15) is 18.3 Å². The topological polar surface area (TPSA) is 72.9 Å². The van der Waals surface area contributed by atoms with E-state index in [2.05, 4.69) is 10.4 Å². The van der Waals surface area contributed by atoms with Gasteiger partial charge in [0.25, 0.3) is 5.91 Å². The van der Waals surface area contributed by atoms with Crippen LogP contribution in [0.1, 0.15) is 23.3 Å². The van der Waals surface area contributed by atoms with Crippen LogP contribution in [0.4, 0.5) is 18.9 Å². The summed E-state index contributed by atoms with van der Waals surface area (Å²) in [4.78, 5) is 11.7. The number of carbonyl (C=O) groups excluding carboxylic acids is 1. The van der Waals surface area contributed by atoms with Crippen molar-refractivity contribution in [3.8, 4) is 0 Å². The van der Waals surface area contributed by atoms with Crippen LogP contribution in [0.5, 0.6) is 0 Å². The van der Waals surface area contributed by atoms with Gasteiger partial charge in [0.2, 0.25) is 0 Å². The molecule has 2 rings (SSSR count). The third-order valence-corrected chi connectivity index (χ3v) is 2.32. The largest absolute Gasteiger partial charge is 0.408 e. The van der Waals surface area contributed by atoms with E-state index in [9.17, 15) is 18.0 Å². The van der Waals surface area contributed by atoms with E-state index in [4.69, 9.17) is 5.73 Å². The third kappa shape index (κ3) is 2.89. The third-order valence-electron chi connectivity index (χ3n) is 2.32. The van der Waals surface area contributed by atoms with E-state index >= 15 is 0 Å². The fourth-order valence-corrected chi connectivity index (χ4v) is 1.42. The standard InChI is InChI=1S/C9H11F3N4O/c10-9(11,12)4-16-7(6(13)3-14-16)8(17)15-5-1-2-5/h3,5H,1-2,4,13H2,(H,15,17). The van der Waals surface area contributed by atoms with Gasteiger partial charge in [-0.05, 0) is 12.8 Å². The molecule has 1 aromatic heterocycles. The first-order chi connectivity index (χ1) is 7.87. The minimum Gasteiger partial charge on any atom is -0.396 e. The Morgan fingerprint density at radius 1 is 1.59 bits per heavy atom. The van der Waals surface area contributed by atoms with Gasteiger partial charge in [-0.15, -0.1) is 0 Å². The number of aromatic nitrogens is 2. The van der Waals surface area contributed by atoms with Crippen molar-refractivity contribution in [2.24, 2.45) is 0 Å². The molecule has 0 spiro atoms. The summed E-state index contributed by atoms with van der Waals surface area (Å²) in [6.45, 7) is -1.32. The fraction of sp³-hybridized carbons (Fsp3) is 0.556. The first kappa shape index (κ1) is 11.7. The molecule has 94 valence electrons. The van der Waals surface area contributed by atoms with Gasteiger partial charge in [0, 0.05) is 6.04 Å². The molecule has 1 aliphatic rings. The SMILES string of the molecule is Nc1cnn(CC(F)(F)F)c1C(=O)NC1CC1. The van der Waals surface area contributed by atoms with Gasteiger partial charge in [0.05, 0.1) is 11.9 Å². The summed E-state index contributed by atoms with van der Waals surface area (Å²) in [6.07, 6.45) is -1.70. The lowest BCUT2D eigenvalue weighted by molar-refractivity contribution is -0.142. The number of alkyl halides is 3. The zero-order chi connectivity index (χ0) is 12.6. The molecule has 17 heavy (non-hydrogen) atoms. The molecule has 1 amide bonds. The Labute approximate surface area is 94.8 Å². The van der Waals surface area contributed by atoms with Crippen molar-refractivity contribution in [1.29, 1.82) is 0 Å². The van der Waals surface area contributed by atoms with E-state index in [0.717, 1.165) is 19.0 Å². The van der Waals surface area contributed by atoms with Crippen LogP contribution in [0.2, 0.25) is 0 Å². The molecule has 5 nitrogen and oxygen atoms in total. The molecule has 0 saturated heterocycles. The molecule has 1 aliphatic carbocycles. The molecule has 0 radical (unpaired) electrons. The monoisotopic (exact) mass is 248 g/mol. The van der Waals surface area contributed by atoms with Crippen LogP contribution >= 0.6 is 0 Å². The van der Waals surface area contributed by atoms with Crippen molar-refractivity contribution in [2.75, 3.05) is 5.73 Å². The van der Waals surface area contributed by atoms with E-state index in [-0.39, 0.29) is 17.4 Å². The van der Waals surface area contributed by atoms with Crippen molar-refractivity contribution in [1.82, 2.24) is 15.1 Å². The number of amides is 1. The maximum absolute atomic E-state index is 12.2. The summed E-state index contributed by atoms with van der Waals surface area (Å²) >= 11 is 0. The molecule has 0 unspecified atom stereocenters. The van der Waals surface area contributed by atoms with Crippen molar-refractivity contribution >= 4 is 11.6 Å². The number of carbonyl (C=O) groups is 1. The van der Waals surface area contributed by atoms with Crippen LogP contribution in [0.3, 0.4) is 0 Å². The van der Waals surface area contributed by atoms with Gasteiger partial charge in [-0.1, -0.05) is 0 Å². The smallest absolute Gasteiger partial charge is 0.396 e. The molecule has 1 saturated carbocycles. The maximum Gasteiger partial charge on any atom is 0.408 e. The Morgan fingerprint density at radius 2 is 2.24 bits per heavy atom. The van der Waals surface area contributed by atoms with Gasteiger partial charge in [0.15, 0.2) is 0 Å². The van der Waals surface area contributed by atoms with Crippen LogP contribution in [-0.4, -0.2) is 27.9 Å². The second kappa shape index (κ2) is 3.94. The summed E-state index contributed by atoms with van der Waals surface area (Å²) in [5.41, 5.74) is 5.17. The van der Waals surface area contributed by atoms with E-state index in [1.54, 1.807) is 0 Å². The molecular weight excluding hydrogens is 237 g/mol. The molecule has 1 heterocycles. The predicted octanol–water partition coefficient (Wildman–Crippen LogP) is 0.920. The van der Waals surface area contributed by atoms with Crippen LogP contribution in [0, 0.1) is 0 Å². The summed E-state index contributed by atoms with van der Waals surface area (Å²) in [7, 11) is 0. The molecule has 0 bridgehead atoms. The molecule has 1 aromatic rings. The Balaban J connectivity index is 2.18. The zero-order valence-electron chi connectivity index (χ0n) is 8.79. The highest BCUT2D eigenvalue weighted by molar-refractivity contribution is 5.97. The van der Waals surface area contributed by atoms with Gasteiger partial charge in [-0.25, -0.2) is 4.68 Å². The number of halogens is 3. The minimum absolute atomic E-state index is 0.0487. The van der Waals surface area contributed by atoms with Crippen LogP contribution in [0.15, 0.2) is 6.20 Å². The van der Waals surface area contributed by atoms with Gasteiger partial charge < -0.3 is 11.1 Å². The molecule has 1 fully saturated rings. The Hall–Kier alpha value is -1.73. The number of anilines is 1. The normalized spacial score (nSPS) is 15.9. The van der Waals surface area contributed by atoms with E-state index < -0.39 is 18.6 Å². The average molecular weight is 248 g/mol. The van der Waals surface area contributed by atoms with Gasteiger partial charge in [0.1, 0.15) is 12.2 Å². The number of nitrogens with two attached hydrogens (primary N) is 1. The Morgan fingerprint density at radius 3 is 2.76 bits per heavy atom. The number of nitrogens with one attached hydrogen (secondary N) is 1. The molecule has 0 aromatic carbocycles. The average Bonchev–Trinajstić information content (AvgIpc) is 2.89. The number of nitrogens with zero attached hydrogens (tertiary/aromatic N) is 2. The molecular formula is C9H11F3N4O. The highest BCUT2D eigenvalue weighted by Crippen LogP contribution is 2.23. The molecule has 0 atom stereocenters. The first-order valence-corrected chi connectivity index (χ1v) is 5.06. The lowest BCUT2D eigenvalue weighted by Gasteiger charge is -2.10. The van der Waals surface area contributed by atoms with Crippen LogP contribution < -0.4 is 11.1 Å². The van der Waals surface area contributed by atoms with E-state index in [1.807, 2.05) is 0 Å². The maximum atomic E-state index is 12.2. The summed E-state index contributed by atoms with van der Waals surface area (Å²) in [5, 5.41) is 6.04. The van der Waals surface area contributed by atoms with Crippen molar-refractivity contribution in [3.05, 3.63) is 11.9 Å². The highest BCUT2D eigenvalue weighted by atomic mass is 19.4. The highest BCUT2D eigenvalue weighted by Gasteiger charge is 2.32. The second-order valence-electron chi connectivity index (χ2n) is 3.97. The lowest BCUT2D eigenvalue weighted by atomic mass is 10.3. The van der Waals surface area contributed by atoms with E-state index in [0.29, 0.717) is 4.68 Å². The van der Waals surface area contributed by atoms with Crippen molar-refractivity contribution in [3.63, 3.8) is 0 Å². The number of hydrogen-bond acceptors (Lipinski definition) is 3. The minimum atomic E-state index is -4.44. The molecule has 0 aliphatic heterocycles. The van der Waals surface area contributed by atoms with Crippen molar-refractivity contribution in [2.45, 2.75) is 31.6 Å². The predicted molar refractivity (Wildman–Crippen MR) is 53.2 cm³/mol. The summed E-state index contributed by atoms with van der Waals surface area (Å²) < 4.78 is 37.3. The molecule has 3 N–H and O–H groups in total. The second-order valence-corrected chi connectivity index (χ2v) is 3.97. The quantitative estimate of drug-likeness (QED) is 0.835. The van der Waals surface area contributed by atoms with Crippen molar-refractivity contribution < 1.29 is 18.0 Å². The van der Waals surface area contributed by atoms with Gasteiger partial charge in [-0.3, -0.25) is 4.79 Å². The number of rotatable bonds is 3. The lowest BCUT2D eigenvalue weighted by Crippen LogP contribution is -2.30. The molecule has 8 heteroatoms. The number of nitrogen functional groups attached to an aromatic ring is 1. The summed E-state index contributed by atoms with van der Waals surface area (Å²) in [6, 6.07) is 0.0520. The Bertz CT molecular complexity index is 436. The van der Waals surface area contributed by atoms with Crippen LogP contribution in [0.25, 0.3) is 0 Å². The van der Waals surface area contributed by atoms with E-state index in [1.165, 1.54) is 0 Å². The summed E-state index contributed by atoms with van der Waals surface area (Å²) in [5.74, 6) is -0.605. The fourth-order valence-electron chi connectivity index (χ4n) is 1.42. The van der Waals surface area contributed by atoms with Crippen LogP contribution in [-0.2, 0) is 6.54 Å². The zero-order valence-corrected chi connectivity index (χ0v) is 8.79. The first-order valence-electron chi connectivity index (χ1n) is 5.06. The Kier molecular flexibility index (Phi) is 2.72. The van der Waals surface area contributed by atoms with Gasteiger partial charge >= 0.3 is 6.18 Å².